The standard InChI is InChI=1S/C15H23N3O/c1-12(18-9-5-6-10-18)11-17-15(19)14(16)13-7-3-2-4-8-13/h2-4,7-8,12,14H,5-6,9-11,16H2,1H3,(H,17,19)/t12?,14-/m1/s1. The van der Waals surface area contributed by atoms with Crippen molar-refractivity contribution in [1.29, 1.82) is 0 Å². The predicted molar refractivity (Wildman–Crippen MR) is 76.6 cm³/mol. The van der Waals surface area contributed by atoms with Crippen molar-refractivity contribution in [2.45, 2.75) is 31.8 Å². The molecule has 1 aromatic rings. The minimum absolute atomic E-state index is 0.0998. The van der Waals surface area contributed by atoms with Crippen LogP contribution in [-0.2, 0) is 4.79 Å². The molecule has 19 heavy (non-hydrogen) atoms. The molecular weight excluding hydrogens is 238 g/mol. The van der Waals surface area contributed by atoms with Crippen molar-refractivity contribution in [1.82, 2.24) is 10.2 Å². The van der Waals surface area contributed by atoms with Gasteiger partial charge in [0.2, 0.25) is 5.91 Å². The third-order valence-corrected chi connectivity index (χ3v) is 3.78. The van der Waals surface area contributed by atoms with Crippen molar-refractivity contribution < 1.29 is 4.79 Å². The first kappa shape index (κ1) is 14.0. The fourth-order valence-corrected chi connectivity index (χ4v) is 2.48. The highest BCUT2D eigenvalue weighted by Crippen LogP contribution is 2.12. The third-order valence-electron chi connectivity index (χ3n) is 3.78. The molecule has 1 aliphatic rings. The molecule has 2 rings (SSSR count). The van der Waals surface area contributed by atoms with Gasteiger partial charge in [-0.05, 0) is 38.4 Å². The van der Waals surface area contributed by atoms with Gasteiger partial charge in [0.05, 0.1) is 0 Å². The molecule has 104 valence electrons. The molecule has 0 spiro atoms. The zero-order valence-electron chi connectivity index (χ0n) is 11.5. The van der Waals surface area contributed by atoms with Crippen molar-refractivity contribution in [2.24, 2.45) is 5.73 Å². The number of nitrogens with one attached hydrogen (secondary N) is 1. The van der Waals surface area contributed by atoms with Crippen molar-refractivity contribution in [2.75, 3.05) is 19.6 Å². The van der Waals surface area contributed by atoms with E-state index in [4.69, 9.17) is 5.73 Å². The Morgan fingerprint density at radius 3 is 2.58 bits per heavy atom. The number of amides is 1. The van der Waals surface area contributed by atoms with E-state index in [1.54, 1.807) is 0 Å². The lowest BCUT2D eigenvalue weighted by Gasteiger charge is -2.24. The lowest BCUT2D eigenvalue weighted by Crippen LogP contribution is -2.43. The first-order chi connectivity index (χ1) is 9.18. The third kappa shape index (κ3) is 3.78. The van der Waals surface area contributed by atoms with Gasteiger partial charge in [-0.1, -0.05) is 30.3 Å². The summed E-state index contributed by atoms with van der Waals surface area (Å²) in [6.07, 6.45) is 2.53. The molecule has 4 heteroatoms. The Morgan fingerprint density at radius 2 is 1.95 bits per heavy atom. The number of rotatable bonds is 5. The van der Waals surface area contributed by atoms with E-state index in [2.05, 4.69) is 17.1 Å². The fraction of sp³-hybridized carbons (Fsp3) is 0.533. The van der Waals surface area contributed by atoms with Crippen LogP contribution in [0.3, 0.4) is 0 Å². The Balaban J connectivity index is 1.80. The van der Waals surface area contributed by atoms with Crippen LogP contribution in [0.15, 0.2) is 30.3 Å². The Morgan fingerprint density at radius 1 is 1.32 bits per heavy atom. The second-order valence-corrected chi connectivity index (χ2v) is 5.23. The maximum atomic E-state index is 12.0. The van der Waals surface area contributed by atoms with Crippen LogP contribution in [0.25, 0.3) is 0 Å². The number of carbonyl (C=O) groups is 1. The molecule has 2 atom stereocenters. The monoisotopic (exact) mass is 261 g/mol. The molecule has 1 fully saturated rings. The SMILES string of the molecule is CC(CNC(=O)[C@H](N)c1ccccc1)N1CCCC1. The Bertz CT molecular complexity index is 401. The van der Waals surface area contributed by atoms with Gasteiger partial charge >= 0.3 is 0 Å². The van der Waals surface area contributed by atoms with E-state index in [9.17, 15) is 4.79 Å². The first-order valence-corrected chi connectivity index (χ1v) is 7.01. The maximum absolute atomic E-state index is 12.0. The average Bonchev–Trinajstić information content (AvgIpc) is 2.98. The summed E-state index contributed by atoms with van der Waals surface area (Å²) in [5.74, 6) is -0.0998. The maximum Gasteiger partial charge on any atom is 0.241 e. The zero-order chi connectivity index (χ0) is 13.7. The number of benzene rings is 1. The quantitative estimate of drug-likeness (QED) is 0.839. The Hall–Kier alpha value is -1.39. The van der Waals surface area contributed by atoms with Crippen LogP contribution in [0.5, 0.6) is 0 Å². The molecule has 0 aromatic heterocycles. The minimum Gasteiger partial charge on any atom is -0.353 e. The van der Waals surface area contributed by atoms with Gasteiger partial charge in [-0.25, -0.2) is 0 Å². The van der Waals surface area contributed by atoms with Gasteiger partial charge in [0.25, 0.3) is 0 Å². The Labute approximate surface area is 115 Å². The summed E-state index contributed by atoms with van der Waals surface area (Å²) in [5.41, 5.74) is 6.81. The van der Waals surface area contributed by atoms with Crippen LogP contribution in [0.1, 0.15) is 31.4 Å². The highest BCUT2D eigenvalue weighted by molar-refractivity contribution is 5.82. The van der Waals surface area contributed by atoms with Crippen LogP contribution < -0.4 is 11.1 Å². The van der Waals surface area contributed by atoms with Crippen LogP contribution in [-0.4, -0.2) is 36.5 Å². The fourth-order valence-electron chi connectivity index (χ4n) is 2.48. The average molecular weight is 261 g/mol. The van der Waals surface area contributed by atoms with Crippen molar-refractivity contribution >= 4 is 5.91 Å². The van der Waals surface area contributed by atoms with Crippen molar-refractivity contribution in [3.8, 4) is 0 Å². The molecule has 4 nitrogen and oxygen atoms in total. The minimum atomic E-state index is -0.577. The molecule has 1 heterocycles. The molecule has 1 aromatic carbocycles. The molecule has 1 unspecified atom stereocenters. The van der Waals surface area contributed by atoms with Gasteiger partial charge in [0, 0.05) is 12.6 Å². The van der Waals surface area contributed by atoms with Gasteiger partial charge in [0.15, 0.2) is 0 Å². The van der Waals surface area contributed by atoms with Crippen LogP contribution in [0.2, 0.25) is 0 Å². The number of nitrogens with zero attached hydrogens (tertiary/aromatic N) is 1. The molecule has 1 saturated heterocycles. The van der Waals surface area contributed by atoms with E-state index in [0.717, 1.165) is 18.7 Å². The van der Waals surface area contributed by atoms with Gasteiger partial charge in [0.1, 0.15) is 6.04 Å². The molecule has 0 radical (unpaired) electrons. The smallest absolute Gasteiger partial charge is 0.241 e. The second kappa shape index (κ2) is 6.68. The molecular formula is C15H23N3O. The van der Waals surface area contributed by atoms with E-state index in [-0.39, 0.29) is 5.91 Å². The largest absolute Gasteiger partial charge is 0.353 e. The first-order valence-electron chi connectivity index (χ1n) is 7.01. The summed E-state index contributed by atoms with van der Waals surface area (Å²) >= 11 is 0. The van der Waals surface area contributed by atoms with E-state index < -0.39 is 6.04 Å². The summed E-state index contributed by atoms with van der Waals surface area (Å²) in [6.45, 7) is 5.10. The highest BCUT2D eigenvalue weighted by Gasteiger charge is 2.20. The van der Waals surface area contributed by atoms with Gasteiger partial charge < -0.3 is 11.1 Å². The normalized spacial score (nSPS) is 19.1. The lowest BCUT2D eigenvalue weighted by molar-refractivity contribution is -0.122. The van der Waals surface area contributed by atoms with E-state index in [0.29, 0.717) is 12.6 Å². The Kier molecular flexibility index (Phi) is 4.93. The summed E-state index contributed by atoms with van der Waals surface area (Å²) in [4.78, 5) is 14.4. The van der Waals surface area contributed by atoms with E-state index in [1.165, 1.54) is 12.8 Å². The summed E-state index contributed by atoms with van der Waals surface area (Å²) < 4.78 is 0. The van der Waals surface area contributed by atoms with Crippen molar-refractivity contribution in [3.63, 3.8) is 0 Å². The zero-order valence-corrected chi connectivity index (χ0v) is 11.5. The molecule has 0 aliphatic carbocycles. The number of likely N-dealkylation sites (tertiary alicyclic amines) is 1. The second-order valence-electron chi connectivity index (χ2n) is 5.23. The summed E-state index contributed by atoms with van der Waals surface area (Å²) in [6, 6.07) is 9.29. The van der Waals surface area contributed by atoms with E-state index in [1.807, 2.05) is 30.3 Å². The number of nitrogens with two attached hydrogens (primary N) is 1. The molecule has 0 bridgehead atoms. The van der Waals surface area contributed by atoms with Crippen LogP contribution in [0, 0.1) is 0 Å². The molecule has 0 saturated carbocycles. The molecule has 3 N–H and O–H groups in total. The lowest BCUT2D eigenvalue weighted by atomic mass is 10.1. The van der Waals surface area contributed by atoms with Gasteiger partial charge in [-0.2, -0.15) is 0 Å². The van der Waals surface area contributed by atoms with Crippen molar-refractivity contribution in [3.05, 3.63) is 35.9 Å². The topological polar surface area (TPSA) is 58.4 Å². The summed E-state index contributed by atoms with van der Waals surface area (Å²) in [5, 5.41) is 2.95. The summed E-state index contributed by atoms with van der Waals surface area (Å²) in [7, 11) is 0. The number of hydrogen-bond donors (Lipinski definition) is 2. The van der Waals surface area contributed by atoms with Gasteiger partial charge in [-0.3, -0.25) is 9.69 Å². The number of carbonyl (C=O) groups excluding carboxylic acids is 1. The van der Waals surface area contributed by atoms with Crippen LogP contribution >= 0.6 is 0 Å². The van der Waals surface area contributed by atoms with Gasteiger partial charge in [-0.15, -0.1) is 0 Å². The molecule has 1 amide bonds. The van der Waals surface area contributed by atoms with E-state index >= 15 is 0 Å². The highest BCUT2D eigenvalue weighted by atomic mass is 16.2. The molecule has 1 aliphatic heterocycles. The van der Waals surface area contributed by atoms with Crippen LogP contribution in [0.4, 0.5) is 0 Å². The predicted octanol–water partition coefficient (Wildman–Crippen LogP) is 1.29. The number of hydrogen-bond acceptors (Lipinski definition) is 3.